The van der Waals surface area contributed by atoms with Crippen LogP contribution in [0.15, 0.2) is 47.6 Å². The second kappa shape index (κ2) is 7.68. The summed E-state index contributed by atoms with van der Waals surface area (Å²) in [5.74, 6) is 0.356. The molecule has 2 aromatic rings. The van der Waals surface area contributed by atoms with Gasteiger partial charge in [-0.15, -0.1) is 0 Å². The average molecular weight is 344 g/mol. The van der Waals surface area contributed by atoms with Gasteiger partial charge < -0.3 is 10.0 Å². The van der Waals surface area contributed by atoms with Crippen LogP contribution in [0.3, 0.4) is 0 Å². The van der Waals surface area contributed by atoms with Crippen molar-refractivity contribution in [1.82, 2.24) is 9.88 Å². The summed E-state index contributed by atoms with van der Waals surface area (Å²) >= 11 is 0. The number of likely N-dealkylation sites (tertiary alicyclic amines) is 1. The van der Waals surface area contributed by atoms with Gasteiger partial charge in [-0.25, -0.2) is 4.98 Å². The van der Waals surface area contributed by atoms with E-state index in [4.69, 9.17) is 5.11 Å². The summed E-state index contributed by atoms with van der Waals surface area (Å²) in [5.41, 5.74) is 2.29. The third-order valence-electron chi connectivity index (χ3n) is 4.11. The summed E-state index contributed by atoms with van der Waals surface area (Å²) in [5, 5.41) is 9.51. The molecule has 5 nitrogen and oxygen atoms in total. The predicted molar refractivity (Wildman–Crippen MR) is 91.9 cm³/mol. The minimum atomic E-state index is -1.26. The highest BCUT2D eigenvalue weighted by molar-refractivity contribution is 7.84. The monoisotopic (exact) mass is 344 g/mol. The molecular formula is C18H20N2O3S. The Labute approximate surface area is 143 Å². The maximum atomic E-state index is 12.4. The first-order valence-electron chi connectivity index (χ1n) is 8.00. The third-order valence-corrected chi connectivity index (χ3v) is 5.42. The Morgan fingerprint density at radius 3 is 2.33 bits per heavy atom. The van der Waals surface area contributed by atoms with E-state index in [0.717, 1.165) is 37.1 Å². The van der Waals surface area contributed by atoms with Gasteiger partial charge in [-0.3, -0.25) is 9.00 Å². The van der Waals surface area contributed by atoms with Crippen molar-refractivity contribution in [3.8, 4) is 0 Å². The Bertz CT molecular complexity index is 723. The molecule has 1 saturated heterocycles. The van der Waals surface area contributed by atoms with Gasteiger partial charge in [-0.2, -0.15) is 0 Å². The molecule has 0 radical (unpaired) electrons. The van der Waals surface area contributed by atoms with Crippen molar-refractivity contribution in [3.63, 3.8) is 0 Å². The van der Waals surface area contributed by atoms with E-state index >= 15 is 0 Å². The Hall–Kier alpha value is -2.05. The Morgan fingerprint density at radius 1 is 1.08 bits per heavy atom. The van der Waals surface area contributed by atoms with Crippen molar-refractivity contribution in [1.29, 1.82) is 0 Å². The Balaban J connectivity index is 1.65. The summed E-state index contributed by atoms with van der Waals surface area (Å²) in [6, 6.07) is 10.7. The molecule has 24 heavy (non-hydrogen) atoms. The van der Waals surface area contributed by atoms with Gasteiger partial charge in [0.1, 0.15) is 5.03 Å². The lowest BCUT2D eigenvalue weighted by Crippen LogP contribution is -2.27. The molecule has 1 aromatic heterocycles. The number of carbonyl (C=O) groups excluding carboxylic acids is 1. The summed E-state index contributed by atoms with van der Waals surface area (Å²) in [6.45, 7) is 1.60. The van der Waals surface area contributed by atoms with E-state index in [9.17, 15) is 9.00 Å². The zero-order valence-electron chi connectivity index (χ0n) is 13.4. The first-order valence-corrected chi connectivity index (χ1v) is 9.31. The molecule has 126 valence electrons. The molecule has 3 rings (SSSR count). The molecule has 0 aliphatic carbocycles. The zero-order valence-corrected chi connectivity index (χ0v) is 14.2. The van der Waals surface area contributed by atoms with Crippen molar-refractivity contribution >= 4 is 16.7 Å². The molecule has 1 fully saturated rings. The number of carbonyl (C=O) groups is 1. The standard InChI is InChI=1S/C18H20N2O3S/c21-12-14-3-5-15(6-4-14)13-24(23)17-8-7-16(11-19-17)18(22)20-9-1-2-10-20/h3-8,11,21H,1-2,9-10,12-13H2. The van der Waals surface area contributed by atoms with Crippen LogP contribution in [0.1, 0.15) is 34.3 Å². The van der Waals surface area contributed by atoms with E-state index in [2.05, 4.69) is 4.98 Å². The minimum Gasteiger partial charge on any atom is -0.392 e. The molecule has 2 heterocycles. The summed E-state index contributed by atoms with van der Waals surface area (Å²) in [6.07, 6.45) is 3.62. The van der Waals surface area contributed by atoms with Crippen molar-refractivity contribution in [2.75, 3.05) is 13.1 Å². The van der Waals surface area contributed by atoms with Gasteiger partial charge in [0.15, 0.2) is 0 Å². The number of pyridine rings is 1. The number of hydrogen-bond acceptors (Lipinski definition) is 4. The first kappa shape index (κ1) is 16.8. The summed E-state index contributed by atoms with van der Waals surface area (Å²) in [7, 11) is -1.26. The van der Waals surface area contributed by atoms with E-state index in [1.165, 1.54) is 6.20 Å². The highest BCUT2D eigenvalue weighted by atomic mass is 32.2. The third kappa shape index (κ3) is 3.88. The number of benzene rings is 1. The largest absolute Gasteiger partial charge is 0.392 e. The molecule has 0 saturated carbocycles. The van der Waals surface area contributed by atoms with Crippen LogP contribution >= 0.6 is 0 Å². The van der Waals surface area contributed by atoms with E-state index in [-0.39, 0.29) is 12.5 Å². The fourth-order valence-electron chi connectivity index (χ4n) is 2.71. The van der Waals surface area contributed by atoms with Crippen LogP contribution in [0.2, 0.25) is 0 Å². The van der Waals surface area contributed by atoms with Crippen molar-refractivity contribution in [2.24, 2.45) is 0 Å². The number of rotatable bonds is 5. The first-order chi connectivity index (χ1) is 11.7. The van der Waals surface area contributed by atoms with Crippen LogP contribution < -0.4 is 0 Å². The van der Waals surface area contributed by atoms with Crippen molar-refractivity contribution in [3.05, 3.63) is 59.3 Å². The maximum Gasteiger partial charge on any atom is 0.255 e. The zero-order chi connectivity index (χ0) is 16.9. The molecule has 0 bridgehead atoms. The topological polar surface area (TPSA) is 70.5 Å². The van der Waals surface area contributed by atoms with Crippen LogP contribution in [0.25, 0.3) is 0 Å². The highest BCUT2D eigenvalue weighted by Gasteiger charge is 2.20. The molecule has 1 amide bonds. The smallest absolute Gasteiger partial charge is 0.255 e. The Morgan fingerprint density at radius 2 is 1.75 bits per heavy atom. The second-order valence-corrected chi connectivity index (χ2v) is 7.25. The normalized spacial score (nSPS) is 15.5. The SMILES string of the molecule is O=C(c1ccc(S(=O)Cc2ccc(CO)cc2)nc1)N1CCCC1. The van der Waals surface area contributed by atoms with Crippen LogP contribution in [-0.4, -0.2) is 38.2 Å². The van der Waals surface area contributed by atoms with Crippen LogP contribution in [-0.2, 0) is 23.2 Å². The van der Waals surface area contributed by atoms with Gasteiger partial charge in [-0.1, -0.05) is 24.3 Å². The van der Waals surface area contributed by atoms with Gasteiger partial charge in [0.05, 0.1) is 28.7 Å². The molecule has 1 aliphatic rings. The Kier molecular flexibility index (Phi) is 5.37. The number of aliphatic hydroxyl groups excluding tert-OH is 1. The maximum absolute atomic E-state index is 12.4. The van der Waals surface area contributed by atoms with Crippen LogP contribution in [0.4, 0.5) is 0 Å². The average Bonchev–Trinajstić information content (AvgIpc) is 3.16. The quantitative estimate of drug-likeness (QED) is 0.902. The second-order valence-electron chi connectivity index (χ2n) is 5.85. The number of amides is 1. The van der Waals surface area contributed by atoms with Crippen LogP contribution in [0.5, 0.6) is 0 Å². The lowest BCUT2D eigenvalue weighted by atomic mass is 10.2. The molecule has 1 aliphatic heterocycles. The number of nitrogens with zero attached hydrogens (tertiary/aromatic N) is 2. The fourth-order valence-corrected chi connectivity index (χ4v) is 3.74. The molecule has 0 spiro atoms. The fraction of sp³-hybridized carbons (Fsp3) is 0.333. The van der Waals surface area contributed by atoms with E-state index < -0.39 is 10.8 Å². The molecular weight excluding hydrogens is 324 g/mol. The number of aromatic nitrogens is 1. The van der Waals surface area contributed by atoms with Gasteiger partial charge in [0, 0.05) is 19.3 Å². The molecule has 1 aromatic carbocycles. The van der Waals surface area contributed by atoms with Gasteiger partial charge >= 0.3 is 0 Å². The van der Waals surface area contributed by atoms with E-state index in [1.807, 2.05) is 29.2 Å². The molecule has 6 heteroatoms. The van der Waals surface area contributed by atoms with Gasteiger partial charge in [0.25, 0.3) is 5.91 Å². The van der Waals surface area contributed by atoms with Crippen molar-refractivity contribution < 1.29 is 14.1 Å². The summed E-state index contributed by atoms with van der Waals surface area (Å²) < 4.78 is 12.4. The van der Waals surface area contributed by atoms with Gasteiger partial charge in [0.2, 0.25) is 0 Å². The number of hydrogen-bond donors (Lipinski definition) is 1. The predicted octanol–water partition coefficient (Wildman–Crippen LogP) is 2.12. The molecule has 1 unspecified atom stereocenters. The van der Waals surface area contributed by atoms with Gasteiger partial charge in [-0.05, 0) is 36.1 Å². The minimum absolute atomic E-state index is 0.00255. The highest BCUT2D eigenvalue weighted by Crippen LogP contribution is 2.15. The summed E-state index contributed by atoms with van der Waals surface area (Å²) in [4.78, 5) is 18.3. The molecule has 1 N–H and O–H groups in total. The number of aliphatic hydroxyl groups is 1. The van der Waals surface area contributed by atoms with E-state index in [0.29, 0.717) is 16.3 Å². The van der Waals surface area contributed by atoms with E-state index in [1.54, 1.807) is 12.1 Å². The van der Waals surface area contributed by atoms with Crippen molar-refractivity contribution in [2.45, 2.75) is 30.2 Å². The lowest BCUT2D eigenvalue weighted by Gasteiger charge is -2.14. The van der Waals surface area contributed by atoms with Crippen LogP contribution in [0, 0.1) is 0 Å². The molecule has 1 atom stereocenters. The lowest BCUT2D eigenvalue weighted by molar-refractivity contribution is 0.0792.